The second kappa shape index (κ2) is 14.7. The largest absolute Gasteiger partial charge is 0.330 e. The maximum Gasteiger partial charge on any atom is 0.164 e. The van der Waals surface area contributed by atoms with Crippen LogP contribution in [0.5, 0.6) is 0 Å². The average molecular weight is 709 g/mol. The molecule has 244 valence electrons. The van der Waals surface area contributed by atoms with Crippen LogP contribution >= 0.6 is 0 Å². The van der Waals surface area contributed by atoms with Crippen LogP contribution in [0.2, 0.25) is 0 Å². The fourth-order valence-corrected chi connectivity index (χ4v) is 6.52. The summed E-state index contributed by atoms with van der Waals surface area (Å²) in [6.45, 7) is 3.11. The van der Waals surface area contributed by atoms with Crippen LogP contribution in [-0.2, 0) is 19.5 Å². The van der Waals surface area contributed by atoms with Crippen molar-refractivity contribution in [3.63, 3.8) is 0 Å². The molecule has 0 spiro atoms. The Bertz CT molecular complexity index is 2160. The van der Waals surface area contributed by atoms with E-state index in [0.717, 1.165) is 50.3 Å². The van der Waals surface area contributed by atoms with Gasteiger partial charge in [-0.25, -0.2) is 29.9 Å². The van der Waals surface area contributed by atoms with E-state index in [1.165, 1.54) is 38.5 Å². The minimum Gasteiger partial charge on any atom is -0.330 e. The molecular weight excluding hydrogens is 672 g/mol. The molecule has 0 saturated heterocycles. The maximum atomic E-state index is 5.34. The van der Waals surface area contributed by atoms with Gasteiger partial charge in [0.05, 0.1) is 0 Å². The fraction of sp³-hybridized carbons (Fsp3) is 0.200. The summed E-state index contributed by atoms with van der Waals surface area (Å²) < 4.78 is 0. The van der Waals surface area contributed by atoms with Crippen molar-refractivity contribution in [1.82, 2.24) is 39.9 Å². The summed E-state index contributed by atoms with van der Waals surface area (Å²) in [6, 6.07) is 32.2. The summed E-state index contributed by atoms with van der Waals surface area (Å²) in [5.74, 6) is 2.39. The van der Waals surface area contributed by atoms with Gasteiger partial charge in [0.2, 0.25) is 0 Å². The summed E-state index contributed by atoms with van der Waals surface area (Å²) >= 11 is 0. The van der Waals surface area contributed by atoms with Crippen LogP contribution in [0.4, 0.5) is 0 Å². The summed E-state index contributed by atoms with van der Waals surface area (Å²) in [6.07, 6.45) is 8.05. The first-order valence-electron chi connectivity index (χ1n) is 17.1. The second-order valence-electron chi connectivity index (χ2n) is 12.3. The number of hydrogen-bond acceptors (Lipinski definition) is 7. The summed E-state index contributed by atoms with van der Waals surface area (Å²) in [4.78, 5) is 36.8. The summed E-state index contributed by atoms with van der Waals surface area (Å²) in [5.41, 5.74) is 11.8. The molecule has 0 amide bonds. The molecule has 9 rings (SSSR count). The van der Waals surface area contributed by atoms with Gasteiger partial charge in [0.25, 0.3) is 0 Å². The van der Waals surface area contributed by atoms with Gasteiger partial charge in [0.15, 0.2) is 23.3 Å². The van der Waals surface area contributed by atoms with Crippen molar-refractivity contribution in [2.24, 2.45) is 5.73 Å². The van der Waals surface area contributed by atoms with Crippen molar-refractivity contribution in [2.45, 2.75) is 45.4 Å². The molecule has 50 heavy (non-hydrogen) atoms. The normalized spacial score (nSPS) is 11.4. The standard InChI is InChI=1S/C32H18N8.C8H19N.Zn/c1-2-10-18-17(9-1)25-33-26(18)38-28-21-13-5-6-14-22(21)30(35-28)40-32-24-16-8-7-15-23(24)31(36-32)39-29-20-12-4-3-11-19(20)27(34-29)37-25;1-2-3-4-5-6-7-8-9;/h1-16H,(H2,33,34,35,36,37,38,39,40);2-9H2,1H3;. The van der Waals surface area contributed by atoms with Crippen LogP contribution in [0.1, 0.15) is 45.4 Å². The minimum atomic E-state index is 0. The quantitative estimate of drug-likeness (QED) is 0.116. The van der Waals surface area contributed by atoms with Gasteiger partial charge < -0.3 is 15.7 Å². The van der Waals surface area contributed by atoms with Crippen molar-refractivity contribution in [3.05, 3.63) is 97.1 Å². The Morgan fingerprint density at radius 3 is 1.04 bits per heavy atom. The Balaban J connectivity index is 0.000000350. The van der Waals surface area contributed by atoms with E-state index < -0.39 is 0 Å². The van der Waals surface area contributed by atoms with E-state index >= 15 is 0 Å². The molecule has 2 aliphatic rings. The predicted octanol–water partition coefficient (Wildman–Crippen LogP) is 9.17. The number of fused-ring (bicyclic) bond motifs is 20. The number of benzene rings is 4. The molecule has 0 atom stereocenters. The molecule has 4 aromatic carbocycles. The van der Waals surface area contributed by atoms with E-state index in [1.54, 1.807) is 0 Å². The Labute approximate surface area is 302 Å². The smallest absolute Gasteiger partial charge is 0.164 e. The SMILES string of the molecule is CCCCCCCCN.[Zn].c1ccc2c(c1)-c1nc-2nc2[nH]c(nc3nc(nc4[nH]c(n1)c1ccccc41)-c1ccccc1-3)c1ccccc21. The number of nitrogens with zero attached hydrogens (tertiary/aromatic N) is 6. The van der Waals surface area contributed by atoms with E-state index in [-0.39, 0.29) is 19.5 Å². The minimum absolute atomic E-state index is 0. The summed E-state index contributed by atoms with van der Waals surface area (Å²) in [5, 5.41) is 3.82. The van der Waals surface area contributed by atoms with Gasteiger partial charge in [0, 0.05) is 63.3 Å². The Hall–Kier alpha value is -5.18. The number of aromatic amines is 2. The predicted molar refractivity (Wildman–Crippen MR) is 198 cm³/mol. The van der Waals surface area contributed by atoms with Crippen molar-refractivity contribution in [1.29, 1.82) is 0 Å². The van der Waals surface area contributed by atoms with Crippen LogP contribution in [0.3, 0.4) is 0 Å². The topological polar surface area (TPSA) is 135 Å². The van der Waals surface area contributed by atoms with Gasteiger partial charge in [-0.1, -0.05) is 136 Å². The monoisotopic (exact) mass is 707 g/mol. The van der Waals surface area contributed by atoms with Crippen LogP contribution in [-0.4, -0.2) is 46.4 Å². The number of aromatic nitrogens is 8. The van der Waals surface area contributed by atoms with Crippen molar-refractivity contribution in [3.8, 4) is 45.6 Å². The molecule has 7 aromatic rings. The molecule has 3 aromatic heterocycles. The van der Waals surface area contributed by atoms with Gasteiger partial charge >= 0.3 is 0 Å². The van der Waals surface area contributed by atoms with Gasteiger partial charge in [-0.05, 0) is 13.0 Å². The Morgan fingerprint density at radius 1 is 0.420 bits per heavy atom. The molecule has 4 N–H and O–H groups in total. The molecule has 0 aliphatic carbocycles. The van der Waals surface area contributed by atoms with Gasteiger partial charge in [-0.15, -0.1) is 0 Å². The molecule has 2 aliphatic heterocycles. The van der Waals surface area contributed by atoms with Gasteiger partial charge in [0.1, 0.15) is 22.6 Å². The molecule has 0 radical (unpaired) electrons. The molecule has 10 heteroatoms. The third-order valence-electron chi connectivity index (χ3n) is 9.02. The van der Waals surface area contributed by atoms with E-state index in [2.05, 4.69) is 16.9 Å². The van der Waals surface area contributed by atoms with Crippen LogP contribution in [0.25, 0.3) is 89.7 Å². The zero-order chi connectivity index (χ0) is 33.2. The van der Waals surface area contributed by atoms with Gasteiger partial charge in [-0.3, -0.25) is 0 Å². The first kappa shape index (κ1) is 33.3. The number of nitrogens with one attached hydrogen (secondary N) is 2. The number of hydrogen-bond donors (Lipinski definition) is 3. The third-order valence-corrected chi connectivity index (χ3v) is 9.02. The fourth-order valence-electron chi connectivity index (χ4n) is 6.52. The molecular formula is C40H37N9Zn. The van der Waals surface area contributed by atoms with Crippen molar-refractivity contribution >= 4 is 44.1 Å². The van der Waals surface area contributed by atoms with Gasteiger partial charge in [-0.2, -0.15) is 0 Å². The first-order valence-corrected chi connectivity index (χ1v) is 17.1. The number of nitrogens with two attached hydrogens (primary N) is 1. The maximum absolute atomic E-state index is 5.34. The van der Waals surface area contributed by atoms with E-state index in [4.69, 9.17) is 35.6 Å². The zero-order valence-electron chi connectivity index (χ0n) is 28.2. The third kappa shape index (κ3) is 6.33. The number of rotatable bonds is 6. The molecule has 0 unspecified atom stereocenters. The molecule has 0 fully saturated rings. The average Bonchev–Trinajstić information content (AvgIpc) is 3.88. The number of unbranched alkanes of at least 4 members (excludes halogenated alkanes) is 5. The Morgan fingerprint density at radius 2 is 0.720 bits per heavy atom. The summed E-state index contributed by atoms with van der Waals surface area (Å²) in [7, 11) is 0. The molecule has 8 bridgehead atoms. The Kier molecular flexibility index (Phi) is 9.83. The molecule has 9 nitrogen and oxygen atoms in total. The van der Waals surface area contributed by atoms with Crippen molar-refractivity contribution in [2.75, 3.05) is 6.54 Å². The van der Waals surface area contributed by atoms with E-state index in [1.807, 2.05) is 97.1 Å². The van der Waals surface area contributed by atoms with Crippen LogP contribution in [0.15, 0.2) is 97.1 Å². The van der Waals surface area contributed by atoms with Crippen LogP contribution in [0, 0.1) is 0 Å². The zero-order valence-corrected chi connectivity index (χ0v) is 31.1. The molecule has 0 saturated carbocycles. The van der Waals surface area contributed by atoms with E-state index in [0.29, 0.717) is 45.9 Å². The second-order valence-corrected chi connectivity index (χ2v) is 12.3. The number of H-pyrrole nitrogens is 2. The first-order chi connectivity index (χ1) is 24.2. The van der Waals surface area contributed by atoms with E-state index in [9.17, 15) is 0 Å². The van der Waals surface area contributed by atoms with Crippen molar-refractivity contribution < 1.29 is 19.5 Å². The van der Waals surface area contributed by atoms with Crippen LogP contribution < -0.4 is 5.73 Å². The molecule has 5 heterocycles.